The Kier molecular flexibility index (Phi) is 5.83. The number of ether oxygens (including phenoxy) is 1. The summed E-state index contributed by atoms with van der Waals surface area (Å²) in [6, 6.07) is 8.41. The third kappa shape index (κ3) is 4.78. The molecule has 0 bridgehead atoms. The first-order valence-corrected chi connectivity index (χ1v) is 7.43. The second-order valence-electron chi connectivity index (χ2n) is 5.72. The van der Waals surface area contributed by atoms with E-state index in [4.69, 9.17) is 4.74 Å². The number of para-hydroxylation sites is 1. The molecule has 2 rings (SSSR count). The van der Waals surface area contributed by atoms with Crippen molar-refractivity contribution in [2.75, 3.05) is 33.3 Å². The van der Waals surface area contributed by atoms with Gasteiger partial charge < -0.3 is 20.1 Å². The zero-order valence-electron chi connectivity index (χ0n) is 12.5. The van der Waals surface area contributed by atoms with Crippen molar-refractivity contribution >= 4 is 0 Å². The van der Waals surface area contributed by atoms with Crippen molar-refractivity contribution in [3.8, 4) is 5.75 Å². The fourth-order valence-corrected chi connectivity index (χ4v) is 2.48. The van der Waals surface area contributed by atoms with Gasteiger partial charge in [0.1, 0.15) is 18.5 Å². The van der Waals surface area contributed by atoms with Crippen LogP contribution >= 0.6 is 0 Å². The lowest BCUT2D eigenvalue weighted by molar-refractivity contribution is 0.0992. The molecule has 1 heterocycles. The number of benzene rings is 1. The molecule has 1 fully saturated rings. The maximum Gasteiger partial charge on any atom is 0.122 e. The molecule has 1 aromatic rings. The number of rotatable bonds is 6. The third-order valence-corrected chi connectivity index (χ3v) is 3.89. The molecule has 0 aromatic heterocycles. The minimum Gasteiger partial charge on any atom is -0.491 e. The van der Waals surface area contributed by atoms with Gasteiger partial charge in [-0.15, -0.1) is 0 Å². The standard InChI is InChI=1S/C16H26N2O2/c1-13-5-3-4-6-16(13)20-12-15(19)11-17-14-7-9-18(2)10-8-14/h3-6,14-15,17,19H,7-12H2,1-2H3. The number of hydrogen-bond acceptors (Lipinski definition) is 4. The van der Waals surface area contributed by atoms with E-state index in [-0.39, 0.29) is 0 Å². The summed E-state index contributed by atoms with van der Waals surface area (Å²) < 4.78 is 5.66. The van der Waals surface area contributed by atoms with Crippen LogP contribution in [0, 0.1) is 6.92 Å². The van der Waals surface area contributed by atoms with Crippen LogP contribution in [0.1, 0.15) is 18.4 Å². The summed E-state index contributed by atoms with van der Waals surface area (Å²) >= 11 is 0. The first-order chi connectivity index (χ1) is 9.65. The van der Waals surface area contributed by atoms with Crippen LogP contribution in [0.3, 0.4) is 0 Å². The molecule has 20 heavy (non-hydrogen) atoms. The molecular formula is C16H26N2O2. The Morgan fingerprint density at radius 3 is 2.75 bits per heavy atom. The number of piperidine rings is 1. The van der Waals surface area contributed by atoms with Crippen LogP contribution in [0.5, 0.6) is 5.75 Å². The monoisotopic (exact) mass is 278 g/mol. The van der Waals surface area contributed by atoms with E-state index in [9.17, 15) is 5.11 Å². The van der Waals surface area contributed by atoms with Crippen molar-refractivity contribution < 1.29 is 9.84 Å². The van der Waals surface area contributed by atoms with E-state index in [0.717, 1.165) is 37.2 Å². The van der Waals surface area contributed by atoms with Gasteiger partial charge in [-0.1, -0.05) is 18.2 Å². The van der Waals surface area contributed by atoms with E-state index < -0.39 is 6.10 Å². The second kappa shape index (κ2) is 7.62. The van der Waals surface area contributed by atoms with Crippen LogP contribution < -0.4 is 10.1 Å². The van der Waals surface area contributed by atoms with E-state index in [1.807, 2.05) is 31.2 Å². The minimum absolute atomic E-state index is 0.338. The predicted octanol–water partition coefficient (Wildman–Crippen LogP) is 1.42. The molecule has 4 heteroatoms. The van der Waals surface area contributed by atoms with E-state index >= 15 is 0 Å². The van der Waals surface area contributed by atoms with E-state index in [1.165, 1.54) is 0 Å². The zero-order chi connectivity index (χ0) is 14.4. The Balaban J connectivity index is 1.65. The van der Waals surface area contributed by atoms with Gasteiger partial charge in [-0.3, -0.25) is 0 Å². The van der Waals surface area contributed by atoms with Crippen molar-refractivity contribution in [1.82, 2.24) is 10.2 Å². The van der Waals surface area contributed by atoms with Crippen LogP contribution in [0.15, 0.2) is 24.3 Å². The highest BCUT2D eigenvalue weighted by Gasteiger charge is 2.17. The number of nitrogens with one attached hydrogen (secondary N) is 1. The Morgan fingerprint density at radius 1 is 1.35 bits per heavy atom. The number of nitrogens with zero attached hydrogens (tertiary/aromatic N) is 1. The van der Waals surface area contributed by atoms with Crippen molar-refractivity contribution in [3.63, 3.8) is 0 Å². The van der Waals surface area contributed by atoms with E-state index in [2.05, 4.69) is 17.3 Å². The van der Waals surface area contributed by atoms with E-state index in [0.29, 0.717) is 19.2 Å². The van der Waals surface area contributed by atoms with Gasteiger partial charge >= 0.3 is 0 Å². The van der Waals surface area contributed by atoms with Crippen molar-refractivity contribution in [1.29, 1.82) is 0 Å². The predicted molar refractivity (Wildman–Crippen MR) is 81.2 cm³/mol. The normalized spacial score (nSPS) is 18.9. The highest BCUT2D eigenvalue weighted by molar-refractivity contribution is 5.31. The van der Waals surface area contributed by atoms with E-state index in [1.54, 1.807) is 0 Å². The number of hydrogen-bond donors (Lipinski definition) is 2. The maximum atomic E-state index is 9.99. The van der Waals surface area contributed by atoms with Crippen molar-refractivity contribution in [3.05, 3.63) is 29.8 Å². The SMILES string of the molecule is Cc1ccccc1OCC(O)CNC1CCN(C)CC1. The summed E-state index contributed by atoms with van der Waals surface area (Å²) in [5.74, 6) is 0.853. The largest absolute Gasteiger partial charge is 0.491 e. The smallest absolute Gasteiger partial charge is 0.122 e. The van der Waals surface area contributed by atoms with Gasteiger partial charge in [-0.25, -0.2) is 0 Å². The summed E-state index contributed by atoms with van der Waals surface area (Å²) in [6.07, 6.45) is 1.85. The molecule has 1 aliphatic heterocycles. The fourth-order valence-electron chi connectivity index (χ4n) is 2.48. The average molecular weight is 278 g/mol. The van der Waals surface area contributed by atoms with Crippen LogP contribution in [0.2, 0.25) is 0 Å². The Labute approximate surface area is 121 Å². The average Bonchev–Trinajstić information content (AvgIpc) is 2.46. The van der Waals surface area contributed by atoms with Crippen LogP contribution in [0.25, 0.3) is 0 Å². The number of aryl methyl sites for hydroxylation is 1. The molecule has 2 N–H and O–H groups in total. The molecular weight excluding hydrogens is 252 g/mol. The number of aliphatic hydroxyl groups is 1. The van der Waals surface area contributed by atoms with Crippen molar-refractivity contribution in [2.24, 2.45) is 0 Å². The quantitative estimate of drug-likeness (QED) is 0.826. The number of likely N-dealkylation sites (tertiary alicyclic amines) is 1. The van der Waals surface area contributed by atoms with Crippen LogP contribution in [0.4, 0.5) is 0 Å². The molecule has 4 nitrogen and oxygen atoms in total. The van der Waals surface area contributed by atoms with Crippen molar-refractivity contribution in [2.45, 2.75) is 31.9 Å². The summed E-state index contributed by atoms with van der Waals surface area (Å²) in [7, 11) is 2.15. The van der Waals surface area contributed by atoms with Gasteiger partial charge in [0.2, 0.25) is 0 Å². The Bertz CT molecular complexity index is 403. The molecule has 1 aromatic carbocycles. The zero-order valence-corrected chi connectivity index (χ0v) is 12.5. The van der Waals surface area contributed by atoms with Gasteiger partial charge in [0.15, 0.2) is 0 Å². The molecule has 0 aliphatic carbocycles. The Morgan fingerprint density at radius 2 is 2.05 bits per heavy atom. The molecule has 0 amide bonds. The molecule has 0 saturated carbocycles. The number of aliphatic hydroxyl groups excluding tert-OH is 1. The molecule has 1 atom stereocenters. The van der Waals surface area contributed by atoms with Gasteiger partial charge in [0.05, 0.1) is 0 Å². The summed E-state index contributed by atoms with van der Waals surface area (Å²) in [4.78, 5) is 2.34. The lowest BCUT2D eigenvalue weighted by Crippen LogP contribution is -2.44. The fraction of sp³-hybridized carbons (Fsp3) is 0.625. The molecule has 1 aliphatic rings. The van der Waals surface area contributed by atoms with Gasteiger partial charge in [0.25, 0.3) is 0 Å². The maximum absolute atomic E-state index is 9.99. The Hall–Kier alpha value is -1.10. The van der Waals surface area contributed by atoms with Gasteiger partial charge in [-0.05, 0) is 51.5 Å². The summed E-state index contributed by atoms with van der Waals surface area (Å²) in [5.41, 5.74) is 1.10. The third-order valence-electron chi connectivity index (χ3n) is 3.89. The van der Waals surface area contributed by atoms with Gasteiger partial charge in [0, 0.05) is 12.6 Å². The molecule has 0 spiro atoms. The minimum atomic E-state index is -0.464. The lowest BCUT2D eigenvalue weighted by Gasteiger charge is -2.30. The highest BCUT2D eigenvalue weighted by Crippen LogP contribution is 2.16. The van der Waals surface area contributed by atoms with Crippen LogP contribution in [-0.2, 0) is 0 Å². The molecule has 0 radical (unpaired) electrons. The summed E-state index contributed by atoms with van der Waals surface area (Å²) in [6.45, 7) is 5.21. The molecule has 1 saturated heterocycles. The highest BCUT2D eigenvalue weighted by atomic mass is 16.5. The molecule has 1 unspecified atom stereocenters. The molecule has 112 valence electrons. The summed E-state index contributed by atoms with van der Waals surface area (Å²) in [5, 5.41) is 13.4. The lowest BCUT2D eigenvalue weighted by atomic mass is 10.1. The second-order valence-corrected chi connectivity index (χ2v) is 5.72. The topological polar surface area (TPSA) is 44.7 Å². The first-order valence-electron chi connectivity index (χ1n) is 7.43. The first kappa shape index (κ1) is 15.3. The van der Waals surface area contributed by atoms with Crippen LogP contribution in [-0.4, -0.2) is 55.4 Å². The van der Waals surface area contributed by atoms with Gasteiger partial charge in [-0.2, -0.15) is 0 Å².